The number of aliphatic carboxylic acids is 5. The molecular formula is C91H179AlO10Zn. The minimum Gasteiger partial charge on any atom is -0.550 e. The first-order chi connectivity index (χ1) is 48.9. The number of carboxylic acids is 5. The van der Waals surface area contributed by atoms with E-state index in [1.54, 1.807) is 0 Å². The molecular weight excluding hydrogens is 1350 g/mol. The smallest absolute Gasteiger partial charge is 0.550 e. The molecule has 10 nitrogen and oxygen atoms in total. The molecule has 0 aromatic heterocycles. The Balaban J connectivity index is -0.000000181. The van der Waals surface area contributed by atoms with Crippen molar-refractivity contribution in [1.82, 2.24) is 0 Å². The molecule has 0 spiro atoms. The first-order valence-electron chi connectivity index (χ1n) is 44.8. The van der Waals surface area contributed by atoms with E-state index in [0.29, 0.717) is 0 Å². The van der Waals surface area contributed by atoms with E-state index >= 15 is 0 Å². The summed E-state index contributed by atoms with van der Waals surface area (Å²) < 4.78 is 0. The van der Waals surface area contributed by atoms with Gasteiger partial charge in [-0.3, -0.25) is 0 Å². The molecule has 12 heteroatoms. The standard InChI is InChI=1S/5C18H36O2.CH4.Al.Zn/c5*1-2-3-4-5-6-7-8-9-10-11-12-13-14-15-16-17-18(19)20;;;/h5*2-17H2,1H3,(H,19,20);1H4;;/q;;;;;;+3;+2/p-5. The minimum atomic E-state index is -0.903. The second-order valence-corrected chi connectivity index (χ2v) is 30.4. The van der Waals surface area contributed by atoms with Gasteiger partial charge in [-0.15, -0.1) is 0 Å². The van der Waals surface area contributed by atoms with E-state index in [-0.39, 0.29) is 76.4 Å². The summed E-state index contributed by atoms with van der Waals surface area (Å²) in [6.45, 7) is 11.3. The van der Waals surface area contributed by atoms with Crippen molar-refractivity contribution >= 4 is 47.2 Å². The fourth-order valence-electron chi connectivity index (χ4n) is 13.2. The van der Waals surface area contributed by atoms with E-state index in [0.717, 1.165) is 64.2 Å². The number of carbonyl (C=O) groups excluding carboxylic acids is 5. The summed E-state index contributed by atoms with van der Waals surface area (Å²) in [7, 11) is 0. The first kappa shape index (κ1) is 117. The van der Waals surface area contributed by atoms with Crippen LogP contribution in [0, 0.1) is 0 Å². The Hall–Kier alpha value is -1.49. The van der Waals surface area contributed by atoms with Gasteiger partial charge < -0.3 is 49.5 Å². The number of carbonyl (C=O) groups is 5. The summed E-state index contributed by atoms with van der Waals surface area (Å²) in [6, 6.07) is 0. The van der Waals surface area contributed by atoms with E-state index in [1.165, 1.54) is 417 Å². The average molecular weight is 1530 g/mol. The molecule has 0 radical (unpaired) electrons. The molecule has 0 saturated carbocycles. The topological polar surface area (TPSA) is 201 Å². The largest absolute Gasteiger partial charge is 3.00 e. The summed E-state index contributed by atoms with van der Waals surface area (Å²) >= 11 is 0. The van der Waals surface area contributed by atoms with E-state index in [4.69, 9.17) is 0 Å². The van der Waals surface area contributed by atoms with Crippen LogP contribution >= 0.6 is 0 Å². The van der Waals surface area contributed by atoms with E-state index in [1.807, 2.05) is 0 Å². The Morgan fingerprint density at radius 3 is 0.262 bits per heavy atom. The van der Waals surface area contributed by atoms with Gasteiger partial charge in [0.15, 0.2) is 0 Å². The maximum absolute atomic E-state index is 10.2. The summed E-state index contributed by atoms with van der Waals surface area (Å²) in [5, 5.41) is 51.1. The Kier molecular flexibility index (Phi) is 130. The second-order valence-electron chi connectivity index (χ2n) is 30.4. The fraction of sp³-hybridized carbons (Fsp3) is 0.945. The summed E-state index contributed by atoms with van der Waals surface area (Å²) in [4.78, 5) is 51.1. The van der Waals surface area contributed by atoms with Gasteiger partial charge in [0, 0.05) is 29.8 Å². The van der Waals surface area contributed by atoms with Crippen LogP contribution in [0.4, 0.5) is 0 Å². The van der Waals surface area contributed by atoms with Crippen molar-refractivity contribution in [3.63, 3.8) is 0 Å². The SMILES string of the molecule is C.CCCCCCCCCCCCCCCCCC(=O)[O-].CCCCCCCCCCCCCCCCCC(=O)[O-].CCCCCCCCCCCCCCCCCC(=O)[O-].CCCCCCCCCCCCCCCCCC(=O)[O-].CCCCCCCCCCCCCCCCCC(=O)[O-].[Al+3].[Zn+2]. The van der Waals surface area contributed by atoms with Gasteiger partial charge in [-0.25, -0.2) is 0 Å². The molecule has 0 rings (SSSR count). The molecule has 0 fully saturated rings. The number of carboxylic acid groups (broad SMARTS) is 5. The van der Waals surface area contributed by atoms with Gasteiger partial charge in [0.1, 0.15) is 0 Å². The van der Waals surface area contributed by atoms with Crippen LogP contribution in [0.3, 0.4) is 0 Å². The molecule has 0 aliphatic rings. The molecule has 0 aliphatic carbocycles. The zero-order chi connectivity index (χ0) is 74.5. The van der Waals surface area contributed by atoms with Crippen LogP contribution in [-0.4, -0.2) is 47.2 Å². The van der Waals surface area contributed by atoms with Crippen molar-refractivity contribution in [1.29, 1.82) is 0 Å². The number of unbranched alkanes of at least 4 members (excludes halogenated alkanes) is 70. The minimum absolute atomic E-state index is 0. The zero-order valence-corrected chi connectivity index (χ0v) is 73.6. The van der Waals surface area contributed by atoms with E-state index < -0.39 is 29.8 Å². The zero-order valence-electron chi connectivity index (χ0n) is 69.4. The van der Waals surface area contributed by atoms with Crippen LogP contribution in [0.5, 0.6) is 0 Å². The molecule has 0 N–H and O–H groups in total. The van der Waals surface area contributed by atoms with E-state index in [2.05, 4.69) is 34.6 Å². The molecule has 0 unspecified atom stereocenters. The first-order valence-corrected chi connectivity index (χ1v) is 44.8. The molecule has 0 saturated heterocycles. The van der Waals surface area contributed by atoms with E-state index in [9.17, 15) is 49.5 Å². The molecule has 0 amide bonds. The molecule has 608 valence electrons. The Bertz CT molecular complexity index is 1280. The van der Waals surface area contributed by atoms with Gasteiger partial charge in [-0.05, 0) is 64.2 Å². The van der Waals surface area contributed by atoms with Crippen LogP contribution in [0.15, 0.2) is 0 Å². The third-order valence-electron chi connectivity index (χ3n) is 19.9. The van der Waals surface area contributed by atoms with Crippen molar-refractivity contribution in [2.45, 2.75) is 556 Å². The Morgan fingerprint density at radius 1 is 0.146 bits per heavy atom. The predicted octanol–water partition coefficient (Wildman–Crippen LogP) is 25.2. The second kappa shape index (κ2) is 114. The third-order valence-corrected chi connectivity index (χ3v) is 19.9. The van der Waals surface area contributed by atoms with Crippen molar-refractivity contribution < 1.29 is 69.0 Å². The monoisotopic (exact) mass is 1520 g/mol. The summed E-state index contributed by atoms with van der Waals surface area (Å²) in [5.74, 6) is -4.52. The van der Waals surface area contributed by atoms with Gasteiger partial charge in [0.2, 0.25) is 0 Å². The molecule has 0 aromatic carbocycles. The van der Waals surface area contributed by atoms with Gasteiger partial charge in [-0.2, -0.15) is 0 Å². The van der Waals surface area contributed by atoms with Crippen molar-refractivity contribution in [3.05, 3.63) is 0 Å². The molecule has 0 heterocycles. The van der Waals surface area contributed by atoms with Crippen molar-refractivity contribution in [3.8, 4) is 0 Å². The van der Waals surface area contributed by atoms with Crippen molar-refractivity contribution in [2.24, 2.45) is 0 Å². The number of hydrogen-bond acceptors (Lipinski definition) is 10. The predicted molar refractivity (Wildman–Crippen MR) is 435 cm³/mol. The summed E-state index contributed by atoms with van der Waals surface area (Å²) in [5.41, 5.74) is 0. The maximum atomic E-state index is 10.2. The van der Waals surface area contributed by atoms with Crippen LogP contribution in [0.2, 0.25) is 0 Å². The van der Waals surface area contributed by atoms with Crippen LogP contribution < -0.4 is 25.5 Å². The molecule has 0 atom stereocenters. The molecule has 103 heavy (non-hydrogen) atoms. The van der Waals surface area contributed by atoms with Crippen molar-refractivity contribution in [2.75, 3.05) is 0 Å². The van der Waals surface area contributed by atoms with Crippen LogP contribution in [0.1, 0.15) is 556 Å². The third kappa shape index (κ3) is 140. The number of rotatable bonds is 80. The fourth-order valence-corrected chi connectivity index (χ4v) is 13.2. The number of hydrogen-bond donors (Lipinski definition) is 0. The van der Waals surface area contributed by atoms with Gasteiger partial charge in [-0.1, -0.05) is 492 Å². The van der Waals surface area contributed by atoms with Crippen LogP contribution in [-0.2, 0) is 43.5 Å². The summed E-state index contributed by atoms with van der Waals surface area (Å²) in [6.07, 6.45) is 99.3. The Labute approximate surface area is 667 Å². The van der Waals surface area contributed by atoms with Gasteiger partial charge in [0.05, 0.1) is 0 Å². The van der Waals surface area contributed by atoms with Gasteiger partial charge in [0.25, 0.3) is 0 Å². The molecule has 0 aliphatic heterocycles. The molecule has 0 aromatic rings. The average Bonchev–Trinajstić information content (AvgIpc) is 3.80. The quantitative estimate of drug-likeness (QED) is 0.0417. The Morgan fingerprint density at radius 2 is 0.204 bits per heavy atom. The van der Waals surface area contributed by atoms with Gasteiger partial charge >= 0.3 is 36.8 Å². The maximum Gasteiger partial charge on any atom is 3.00 e. The molecule has 0 bridgehead atoms. The van der Waals surface area contributed by atoms with Crippen LogP contribution in [0.25, 0.3) is 0 Å². The normalized spacial score (nSPS) is 10.5.